The van der Waals surface area contributed by atoms with Gasteiger partial charge in [-0.05, 0) is 13.3 Å². The van der Waals surface area contributed by atoms with Gasteiger partial charge >= 0.3 is 5.69 Å². The van der Waals surface area contributed by atoms with E-state index in [0.29, 0.717) is 6.42 Å². The standard InChI is InChI=1S/C13H16N4O3/c1-4-11-9(6-16(3)15-11)7-17-12(19)10(8(2)18)5-14-13(17)20/h5-6H,4,7H2,1-3H3,(H,14,20). The first-order valence-corrected chi connectivity index (χ1v) is 6.29. The Labute approximate surface area is 114 Å². The van der Waals surface area contributed by atoms with E-state index in [1.165, 1.54) is 6.92 Å². The van der Waals surface area contributed by atoms with Crippen molar-refractivity contribution < 1.29 is 4.79 Å². The van der Waals surface area contributed by atoms with E-state index in [9.17, 15) is 14.4 Å². The van der Waals surface area contributed by atoms with E-state index in [2.05, 4.69) is 10.1 Å². The first kappa shape index (κ1) is 14.0. The van der Waals surface area contributed by atoms with Gasteiger partial charge in [0.25, 0.3) is 5.56 Å². The van der Waals surface area contributed by atoms with E-state index >= 15 is 0 Å². The molecule has 20 heavy (non-hydrogen) atoms. The number of nitrogens with one attached hydrogen (secondary N) is 1. The highest BCUT2D eigenvalue weighted by molar-refractivity contribution is 5.93. The van der Waals surface area contributed by atoms with Crippen LogP contribution in [0.1, 0.15) is 35.5 Å². The average molecular weight is 276 g/mol. The molecule has 2 aromatic rings. The molecule has 2 aromatic heterocycles. The molecule has 0 unspecified atom stereocenters. The molecule has 0 spiro atoms. The highest BCUT2D eigenvalue weighted by Crippen LogP contribution is 2.07. The van der Waals surface area contributed by atoms with Crippen LogP contribution in [0.4, 0.5) is 0 Å². The maximum absolute atomic E-state index is 12.1. The number of aryl methyl sites for hydroxylation is 2. The van der Waals surface area contributed by atoms with Crippen molar-refractivity contribution in [1.29, 1.82) is 0 Å². The molecule has 0 saturated heterocycles. The summed E-state index contributed by atoms with van der Waals surface area (Å²) in [5.41, 5.74) is 0.486. The molecule has 0 amide bonds. The molecule has 0 bridgehead atoms. The Morgan fingerprint density at radius 2 is 2.10 bits per heavy atom. The molecule has 7 nitrogen and oxygen atoms in total. The van der Waals surface area contributed by atoms with Gasteiger partial charge in [-0.3, -0.25) is 18.8 Å². The Morgan fingerprint density at radius 3 is 2.70 bits per heavy atom. The SMILES string of the molecule is CCc1nn(C)cc1Cn1c(=O)[nH]cc(C(C)=O)c1=O. The maximum atomic E-state index is 12.1. The van der Waals surface area contributed by atoms with Crippen molar-refractivity contribution in [3.05, 3.63) is 50.1 Å². The number of ketones is 1. The van der Waals surface area contributed by atoms with Crippen molar-refractivity contribution in [2.24, 2.45) is 7.05 Å². The zero-order chi connectivity index (χ0) is 14.9. The molecule has 0 aromatic carbocycles. The van der Waals surface area contributed by atoms with Crippen LogP contribution in [0.3, 0.4) is 0 Å². The minimum atomic E-state index is -0.577. The lowest BCUT2D eigenvalue weighted by molar-refractivity contribution is 0.101. The van der Waals surface area contributed by atoms with Gasteiger partial charge in [-0.2, -0.15) is 5.10 Å². The van der Waals surface area contributed by atoms with Crippen LogP contribution in [0.15, 0.2) is 22.0 Å². The molecule has 0 radical (unpaired) electrons. The summed E-state index contributed by atoms with van der Waals surface area (Å²) in [4.78, 5) is 37.7. The fraction of sp³-hybridized carbons (Fsp3) is 0.385. The van der Waals surface area contributed by atoms with Crippen molar-refractivity contribution in [3.8, 4) is 0 Å². The number of hydrogen-bond donors (Lipinski definition) is 1. The fourth-order valence-electron chi connectivity index (χ4n) is 2.09. The number of hydrogen-bond acceptors (Lipinski definition) is 4. The monoisotopic (exact) mass is 276 g/mol. The minimum absolute atomic E-state index is 0.0217. The predicted octanol–water partition coefficient (Wildman–Crippen LogP) is 0.0834. The number of H-pyrrole nitrogens is 1. The lowest BCUT2D eigenvalue weighted by Gasteiger charge is -2.05. The number of aromatic nitrogens is 4. The number of Topliss-reactive ketones (excluding diaryl/α,β-unsaturated/α-hetero) is 1. The third kappa shape index (κ3) is 2.47. The summed E-state index contributed by atoms with van der Waals surface area (Å²) >= 11 is 0. The summed E-state index contributed by atoms with van der Waals surface area (Å²) in [5.74, 6) is -0.373. The molecule has 0 aliphatic heterocycles. The molecule has 0 atom stereocenters. The molecule has 7 heteroatoms. The molecule has 2 heterocycles. The summed E-state index contributed by atoms with van der Waals surface area (Å²) in [5, 5.41) is 4.26. The molecular weight excluding hydrogens is 260 g/mol. The van der Waals surface area contributed by atoms with Gasteiger partial charge in [0.05, 0.1) is 17.8 Å². The number of carbonyl (C=O) groups excluding carboxylic acids is 1. The number of aromatic amines is 1. The molecule has 0 aliphatic rings. The van der Waals surface area contributed by atoms with E-state index in [-0.39, 0.29) is 17.9 Å². The van der Waals surface area contributed by atoms with E-state index in [4.69, 9.17) is 0 Å². The summed E-state index contributed by atoms with van der Waals surface area (Å²) < 4.78 is 2.66. The van der Waals surface area contributed by atoms with Gasteiger partial charge in [0.15, 0.2) is 5.78 Å². The van der Waals surface area contributed by atoms with Gasteiger partial charge in [0.1, 0.15) is 0 Å². The van der Waals surface area contributed by atoms with Crippen LogP contribution in [0.2, 0.25) is 0 Å². The Morgan fingerprint density at radius 1 is 1.40 bits per heavy atom. The zero-order valence-corrected chi connectivity index (χ0v) is 11.6. The van der Waals surface area contributed by atoms with Gasteiger partial charge in [-0.15, -0.1) is 0 Å². The number of rotatable bonds is 4. The molecule has 1 N–H and O–H groups in total. The van der Waals surface area contributed by atoms with Crippen molar-refractivity contribution >= 4 is 5.78 Å². The molecular formula is C13H16N4O3. The Hall–Kier alpha value is -2.44. The largest absolute Gasteiger partial charge is 0.328 e. The highest BCUT2D eigenvalue weighted by Gasteiger charge is 2.14. The predicted molar refractivity (Wildman–Crippen MR) is 73.0 cm³/mol. The average Bonchev–Trinajstić information content (AvgIpc) is 2.74. The van der Waals surface area contributed by atoms with Crippen molar-refractivity contribution in [1.82, 2.24) is 19.3 Å². The summed E-state index contributed by atoms with van der Waals surface area (Å²) in [6.45, 7) is 3.35. The van der Waals surface area contributed by atoms with Crippen LogP contribution in [-0.4, -0.2) is 25.1 Å². The second-order valence-corrected chi connectivity index (χ2v) is 4.58. The van der Waals surface area contributed by atoms with Crippen LogP contribution >= 0.6 is 0 Å². The van der Waals surface area contributed by atoms with Crippen molar-refractivity contribution in [3.63, 3.8) is 0 Å². The van der Waals surface area contributed by atoms with Gasteiger partial charge < -0.3 is 4.98 Å². The lowest BCUT2D eigenvalue weighted by atomic mass is 10.2. The lowest BCUT2D eigenvalue weighted by Crippen LogP contribution is -2.38. The first-order chi connectivity index (χ1) is 9.43. The van der Waals surface area contributed by atoms with Crippen molar-refractivity contribution in [2.75, 3.05) is 0 Å². The summed E-state index contributed by atoms with van der Waals surface area (Å²) in [7, 11) is 1.78. The van der Waals surface area contributed by atoms with E-state index in [1.807, 2.05) is 6.92 Å². The van der Waals surface area contributed by atoms with Gasteiger partial charge in [0.2, 0.25) is 0 Å². The van der Waals surface area contributed by atoms with Crippen LogP contribution in [-0.2, 0) is 20.0 Å². The van der Waals surface area contributed by atoms with Gasteiger partial charge in [-0.25, -0.2) is 4.79 Å². The normalized spacial score (nSPS) is 10.8. The quantitative estimate of drug-likeness (QED) is 0.801. The maximum Gasteiger partial charge on any atom is 0.328 e. The third-order valence-electron chi connectivity index (χ3n) is 3.10. The van der Waals surface area contributed by atoms with E-state index in [0.717, 1.165) is 22.0 Å². The third-order valence-corrected chi connectivity index (χ3v) is 3.10. The zero-order valence-electron chi connectivity index (χ0n) is 11.6. The van der Waals surface area contributed by atoms with Crippen LogP contribution in [0.5, 0.6) is 0 Å². The second-order valence-electron chi connectivity index (χ2n) is 4.58. The second kappa shape index (κ2) is 5.28. The Bertz CT molecular complexity index is 767. The van der Waals surface area contributed by atoms with Crippen LogP contribution < -0.4 is 11.2 Å². The van der Waals surface area contributed by atoms with Gasteiger partial charge in [-0.1, -0.05) is 6.92 Å². The van der Waals surface area contributed by atoms with E-state index in [1.54, 1.807) is 17.9 Å². The highest BCUT2D eigenvalue weighted by atomic mass is 16.2. The topological polar surface area (TPSA) is 89.8 Å². The Kier molecular flexibility index (Phi) is 3.69. The smallest absolute Gasteiger partial charge is 0.313 e. The van der Waals surface area contributed by atoms with Crippen LogP contribution in [0, 0.1) is 0 Å². The molecule has 0 fully saturated rings. The van der Waals surface area contributed by atoms with E-state index < -0.39 is 11.2 Å². The molecule has 2 rings (SSSR count). The fourth-order valence-corrected chi connectivity index (χ4v) is 2.09. The first-order valence-electron chi connectivity index (χ1n) is 6.29. The summed E-state index contributed by atoms with van der Waals surface area (Å²) in [6.07, 6.45) is 3.63. The Balaban J connectivity index is 2.53. The van der Waals surface area contributed by atoms with Crippen molar-refractivity contribution in [2.45, 2.75) is 26.8 Å². The summed E-state index contributed by atoms with van der Waals surface area (Å²) in [6, 6.07) is 0. The van der Waals surface area contributed by atoms with Crippen LogP contribution in [0.25, 0.3) is 0 Å². The molecule has 0 saturated carbocycles. The molecule has 0 aliphatic carbocycles. The molecule has 106 valence electrons. The minimum Gasteiger partial charge on any atom is -0.313 e. The number of nitrogens with zero attached hydrogens (tertiary/aromatic N) is 3. The number of carbonyl (C=O) groups is 1. The van der Waals surface area contributed by atoms with Gasteiger partial charge in [0, 0.05) is 25.0 Å².